The molecule has 0 spiro atoms. The second-order valence-corrected chi connectivity index (χ2v) is 4.33. The van der Waals surface area contributed by atoms with Gasteiger partial charge in [0, 0.05) is 19.1 Å². The van der Waals surface area contributed by atoms with Crippen LogP contribution in [0.1, 0.15) is 5.56 Å². The first-order valence-corrected chi connectivity index (χ1v) is 6.04. The molecule has 0 saturated carbocycles. The lowest BCUT2D eigenvalue weighted by molar-refractivity contribution is 0.415. The third-order valence-electron chi connectivity index (χ3n) is 2.52. The van der Waals surface area contributed by atoms with E-state index in [2.05, 4.69) is 5.32 Å². The molecule has 17 heavy (non-hydrogen) atoms. The Morgan fingerprint density at radius 2 is 2.24 bits per heavy atom. The molecule has 0 bridgehead atoms. The van der Waals surface area contributed by atoms with Gasteiger partial charge < -0.3 is 21.5 Å². The summed E-state index contributed by atoms with van der Waals surface area (Å²) >= 11 is 6.03. The minimum Gasteiger partial charge on any atom is -0.495 e. The van der Waals surface area contributed by atoms with Crippen molar-refractivity contribution in [2.45, 2.75) is 12.5 Å². The monoisotopic (exact) mass is 257 g/mol. The first kappa shape index (κ1) is 14.3. The molecule has 96 valence electrons. The smallest absolute Gasteiger partial charge is 0.137 e. The van der Waals surface area contributed by atoms with E-state index >= 15 is 0 Å². The van der Waals surface area contributed by atoms with E-state index in [1.807, 2.05) is 18.2 Å². The summed E-state index contributed by atoms with van der Waals surface area (Å²) in [5, 5.41) is 3.90. The van der Waals surface area contributed by atoms with Crippen molar-refractivity contribution in [3.63, 3.8) is 0 Å². The Balaban J connectivity index is 2.34. The summed E-state index contributed by atoms with van der Waals surface area (Å²) in [6.07, 6.45) is 0.904. The fourth-order valence-electron chi connectivity index (χ4n) is 1.47. The zero-order valence-corrected chi connectivity index (χ0v) is 10.8. The van der Waals surface area contributed by atoms with E-state index in [0.717, 1.165) is 19.5 Å². The van der Waals surface area contributed by atoms with Crippen molar-refractivity contribution < 1.29 is 4.74 Å². The van der Waals surface area contributed by atoms with Crippen molar-refractivity contribution in [3.8, 4) is 5.75 Å². The summed E-state index contributed by atoms with van der Waals surface area (Å²) in [6, 6.07) is 5.83. The van der Waals surface area contributed by atoms with E-state index in [1.54, 1.807) is 7.11 Å². The molecule has 1 aromatic carbocycles. The number of nitrogens with two attached hydrogens (primary N) is 2. The molecule has 1 unspecified atom stereocenters. The van der Waals surface area contributed by atoms with Crippen LogP contribution in [-0.4, -0.2) is 32.8 Å². The topological polar surface area (TPSA) is 73.3 Å². The molecule has 1 aromatic rings. The van der Waals surface area contributed by atoms with E-state index in [9.17, 15) is 0 Å². The summed E-state index contributed by atoms with van der Waals surface area (Å²) in [4.78, 5) is 0. The lowest BCUT2D eigenvalue weighted by atomic mass is 10.1. The van der Waals surface area contributed by atoms with Crippen molar-refractivity contribution >= 4 is 11.6 Å². The molecule has 0 aliphatic rings. The van der Waals surface area contributed by atoms with Crippen LogP contribution in [0.15, 0.2) is 18.2 Å². The highest BCUT2D eigenvalue weighted by Gasteiger charge is 2.02. The lowest BCUT2D eigenvalue weighted by Crippen LogP contribution is -2.40. The van der Waals surface area contributed by atoms with Crippen LogP contribution in [-0.2, 0) is 6.42 Å². The first-order valence-electron chi connectivity index (χ1n) is 5.66. The largest absolute Gasteiger partial charge is 0.495 e. The molecule has 0 aliphatic carbocycles. The molecule has 1 atom stereocenters. The van der Waals surface area contributed by atoms with Gasteiger partial charge in [-0.2, -0.15) is 0 Å². The molecule has 5 N–H and O–H groups in total. The van der Waals surface area contributed by atoms with Crippen LogP contribution in [0.3, 0.4) is 0 Å². The van der Waals surface area contributed by atoms with E-state index in [1.165, 1.54) is 5.56 Å². The molecule has 0 saturated heterocycles. The van der Waals surface area contributed by atoms with Crippen LogP contribution < -0.4 is 21.5 Å². The van der Waals surface area contributed by atoms with Crippen LogP contribution >= 0.6 is 11.6 Å². The van der Waals surface area contributed by atoms with Gasteiger partial charge in [-0.15, -0.1) is 0 Å². The Bertz CT molecular complexity index is 347. The van der Waals surface area contributed by atoms with Gasteiger partial charge >= 0.3 is 0 Å². The molecule has 0 aromatic heterocycles. The summed E-state index contributed by atoms with van der Waals surface area (Å²) in [7, 11) is 1.61. The molecular weight excluding hydrogens is 238 g/mol. The SMILES string of the molecule is COc1ccc(CCNCC(N)CN)cc1Cl. The van der Waals surface area contributed by atoms with Crippen LogP contribution in [0.25, 0.3) is 0 Å². The highest BCUT2D eigenvalue weighted by molar-refractivity contribution is 6.32. The van der Waals surface area contributed by atoms with Crippen LogP contribution in [0.5, 0.6) is 5.75 Å². The van der Waals surface area contributed by atoms with Gasteiger partial charge in [-0.1, -0.05) is 17.7 Å². The average Bonchev–Trinajstić information content (AvgIpc) is 2.34. The summed E-state index contributed by atoms with van der Waals surface area (Å²) in [6.45, 7) is 2.10. The minimum absolute atomic E-state index is 0.0226. The predicted molar refractivity (Wildman–Crippen MR) is 71.6 cm³/mol. The van der Waals surface area contributed by atoms with E-state index in [0.29, 0.717) is 17.3 Å². The summed E-state index contributed by atoms with van der Waals surface area (Å²) in [5.41, 5.74) is 12.3. The fraction of sp³-hybridized carbons (Fsp3) is 0.500. The maximum Gasteiger partial charge on any atom is 0.137 e. The van der Waals surface area contributed by atoms with Gasteiger partial charge in [0.15, 0.2) is 0 Å². The zero-order valence-electron chi connectivity index (χ0n) is 10.1. The number of halogens is 1. The van der Waals surface area contributed by atoms with E-state index in [4.69, 9.17) is 27.8 Å². The fourth-order valence-corrected chi connectivity index (χ4v) is 1.75. The van der Waals surface area contributed by atoms with E-state index < -0.39 is 0 Å². The highest BCUT2D eigenvalue weighted by atomic mass is 35.5. The van der Waals surface area contributed by atoms with Crippen molar-refractivity contribution in [1.82, 2.24) is 5.32 Å². The van der Waals surface area contributed by atoms with Gasteiger partial charge in [-0.25, -0.2) is 0 Å². The second-order valence-electron chi connectivity index (χ2n) is 3.92. The molecule has 0 amide bonds. The molecule has 4 nitrogen and oxygen atoms in total. The molecule has 0 fully saturated rings. The van der Waals surface area contributed by atoms with Crippen molar-refractivity contribution in [2.24, 2.45) is 11.5 Å². The van der Waals surface area contributed by atoms with Gasteiger partial charge in [0.05, 0.1) is 12.1 Å². The van der Waals surface area contributed by atoms with Crippen LogP contribution in [0, 0.1) is 0 Å². The Morgan fingerprint density at radius 3 is 2.82 bits per heavy atom. The van der Waals surface area contributed by atoms with Gasteiger partial charge in [-0.3, -0.25) is 0 Å². The van der Waals surface area contributed by atoms with Gasteiger partial charge in [-0.05, 0) is 30.7 Å². The highest BCUT2D eigenvalue weighted by Crippen LogP contribution is 2.24. The van der Waals surface area contributed by atoms with Crippen molar-refractivity contribution in [2.75, 3.05) is 26.7 Å². The maximum atomic E-state index is 6.03. The Morgan fingerprint density at radius 1 is 1.47 bits per heavy atom. The predicted octanol–water partition coefficient (Wildman–Crippen LogP) is 0.767. The van der Waals surface area contributed by atoms with Crippen molar-refractivity contribution in [3.05, 3.63) is 28.8 Å². The Hall–Kier alpha value is -0.810. The summed E-state index contributed by atoms with van der Waals surface area (Å²) in [5.74, 6) is 0.702. The first-order chi connectivity index (χ1) is 8.17. The third-order valence-corrected chi connectivity index (χ3v) is 2.81. The zero-order chi connectivity index (χ0) is 12.7. The maximum absolute atomic E-state index is 6.03. The Kier molecular flexibility index (Phi) is 6.29. The number of methoxy groups -OCH3 is 1. The molecule has 5 heteroatoms. The average molecular weight is 258 g/mol. The molecule has 0 heterocycles. The number of nitrogens with one attached hydrogen (secondary N) is 1. The molecular formula is C12H20ClN3O. The van der Waals surface area contributed by atoms with Gasteiger partial charge in [0.2, 0.25) is 0 Å². The number of hydrogen-bond acceptors (Lipinski definition) is 4. The van der Waals surface area contributed by atoms with Crippen LogP contribution in [0.2, 0.25) is 5.02 Å². The molecule has 0 aliphatic heterocycles. The molecule has 0 radical (unpaired) electrons. The van der Waals surface area contributed by atoms with Crippen molar-refractivity contribution in [1.29, 1.82) is 0 Å². The number of hydrogen-bond donors (Lipinski definition) is 3. The quantitative estimate of drug-likeness (QED) is 0.631. The standard InChI is InChI=1S/C12H20ClN3O/c1-17-12-3-2-9(6-11(12)13)4-5-16-8-10(15)7-14/h2-3,6,10,16H,4-5,7-8,14-15H2,1H3. The second kappa shape index (κ2) is 7.50. The molecule has 1 rings (SSSR count). The number of ether oxygens (including phenoxy) is 1. The Labute approximate surface area is 107 Å². The van der Waals surface area contributed by atoms with Gasteiger partial charge in [0.1, 0.15) is 5.75 Å². The minimum atomic E-state index is 0.0226. The summed E-state index contributed by atoms with van der Waals surface area (Å²) < 4.78 is 5.09. The number of benzene rings is 1. The van der Waals surface area contributed by atoms with Gasteiger partial charge in [0.25, 0.3) is 0 Å². The van der Waals surface area contributed by atoms with Crippen LogP contribution in [0.4, 0.5) is 0 Å². The lowest BCUT2D eigenvalue weighted by Gasteiger charge is -2.10. The van der Waals surface area contributed by atoms with E-state index in [-0.39, 0.29) is 6.04 Å². The normalized spacial score (nSPS) is 12.5. The third kappa shape index (κ3) is 4.91. The number of rotatable bonds is 7.